The van der Waals surface area contributed by atoms with Gasteiger partial charge in [0.05, 0.1) is 0 Å². The minimum Gasteiger partial charge on any atom is -0.374 e. The van der Waals surface area contributed by atoms with Crippen molar-refractivity contribution in [2.75, 3.05) is 34.8 Å². The van der Waals surface area contributed by atoms with Gasteiger partial charge >= 0.3 is 0 Å². The summed E-state index contributed by atoms with van der Waals surface area (Å²) in [5.74, 6) is 0. The van der Waals surface area contributed by atoms with E-state index in [1.54, 1.807) is 0 Å². The molecule has 2 aromatic rings. The molecule has 0 bridgehead atoms. The van der Waals surface area contributed by atoms with Gasteiger partial charge in [-0.05, 0) is 6.42 Å². The smallest absolute Gasteiger partial charge is 0.210 e. The van der Waals surface area contributed by atoms with E-state index in [2.05, 4.69) is 30.6 Å². The normalized spacial score (nSPS) is 19.3. The van der Waals surface area contributed by atoms with E-state index >= 15 is 0 Å². The van der Waals surface area contributed by atoms with Crippen LogP contribution in [-0.4, -0.2) is 39.5 Å². The van der Waals surface area contributed by atoms with Crippen molar-refractivity contribution >= 4 is 43.2 Å². The number of nitrogens with two attached hydrogens (primary N) is 2. The van der Waals surface area contributed by atoms with Crippen LogP contribution in [0.2, 0.25) is 0 Å². The molecule has 0 aliphatic carbocycles. The van der Waals surface area contributed by atoms with E-state index in [9.17, 15) is 0 Å². The number of hydrogen-bond acceptors (Lipinski definition) is 10. The Balaban J connectivity index is 1.61. The summed E-state index contributed by atoms with van der Waals surface area (Å²) >= 11 is 2.76. The second-order valence-electron chi connectivity index (χ2n) is 3.94. The molecular formula is C8H12N8S2. The first-order chi connectivity index (χ1) is 8.70. The third-order valence-corrected chi connectivity index (χ3v) is 4.15. The third-order valence-electron chi connectivity index (χ3n) is 2.66. The Morgan fingerprint density at radius 1 is 1.11 bits per heavy atom. The quantitative estimate of drug-likeness (QED) is 0.733. The molecule has 5 N–H and O–H groups in total. The highest BCUT2D eigenvalue weighted by Gasteiger charge is 2.25. The molecule has 3 heterocycles. The summed E-state index contributed by atoms with van der Waals surface area (Å²) in [6.07, 6.45) is 1.01. The van der Waals surface area contributed by atoms with Crippen LogP contribution in [0.4, 0.5) is 20.5 Å². The van der Waals surface area contributed by atoms with Crippen molar-refractivity contribution in [2.24, 2.45) is 0 Å². The van der Waals surface area contributed by atoms with Gasteiger partial charge in [-0.1, -0.05) is 22.7 Å². The summed E-state index contributed by atoms with van der Waals surface area (Å²) < 4.78 is 0. The second kappa shape index (κ2) is 4.53. The SMILES string of the molecule is Nc1nnc(N[C@@H]2CCN(c3nnc(N)s3)C2)s1. The van der Waals surface area contributed by atoms with E-state index in [0.717, 1.165) is 29.8 Å². The predicted molar refractivity (Wildman–Crippen MR) is 72.9 cm³/mol. The Kier molecular flexibility index (Phi) is 2.88. The van der Waals surface area contributed by atoms with E-state index in [1.807, 2.05) is 0 Å². The molecule has 0 unspecified atom stereocenters. The van der Waals surface area contributed by atoms with Crippen molar-refractivity contribution in [1.82, 2.24) is 20.4 Å². The molecule has 18 heavy (non-hydrogen) atoms. The maximum atomic E-state index is 5.58. The molecule has 0 spiro atoms. The lowest BCUT2D eigenvalue weighted by atomic mass is 10.3. The number of rotatable bonds is 3. The Hall–Kier alpha value is -1.68. The van der Waals surface area contributed by atoms with Gasteiger partial charge in [-0.2, -0.15) is 0 Å². The molecule has 0 saturated carbocycles. The van der Waals surface area contributed by atoms with Crippen LogP contribution in [-0.2, 0) is 0 Å². The van der Waals surface area contributed by atoms with Crippen molar-refractivity contribution in [3.63, 3.8) is 0 Å². The van der Waals surface area contributed by atoms with E-state index in [1.165, 1.54) is 22.7 Å². The van der Waals surface area contributed by atoms with Crippen molar-refractivity contribution in [3.8, 4) is 0 Å². The van der Waals surface area contributed by atoms with E-state index in [-0.39, 0.29) is 0 Å². The molecule has 1 saturated heterocycles. The summed E-state index contributed by atoms with van der Waals surface area (Å²) in [6, 6.07) is 0.322. The van der Waals surface area contributed by atoms with Crippen LogP contribution < -0.4 is 21.7 Å². The maximum Gasteiger partial charge on any atom is 0.210 e. The van der Waals surface area contributed by atoms with Crippen LogP contribution >= 0.6 is 22.7 Å². The second-order valence-corrected chi connectivity index (χ2v) is 5.94. The molecule has 3 rings (SSSR count). The minimum atomic E-state index is 0.322. The van der Waals surface area contributed by atoms with Gasteiger partial charge in [0.25, 0.3) is 0 Å². The molecule has 0 amide bonds. The number of hydrogen-bond donors (Lipinski definition) is 3. The Morgan fingerprint density at radius 3 is 2.56 bits per heavy atom. The van der Waals surface area contributed by atoms with Crippen molar-refractivity contribution in [2.45, 2.75) is 12.5 Å². The first kappa shape index (κ1) is 11.4. The zero-order valence-corrected chi connectivity index (χ0v) is 11.0. The van der Waals surface area contributed by atoms with Crippen LogP contribution in [0.5, 0.6) is 0 Å². The molecule has 2 aromatic heterocycles. The first-order valence-electron chi connectivity index (χ1n) is 5.40. The maximum absolute atomic E-state index is 5.58. The monoisotopic (exact) mass is 284 g/mol. The third kappa shape index (κ3) is 2.29. The molecular weight excluding hydrogens is 272 g/mol. The fraction of sp³-hybridized carbons (Fsp3) is 0.500. The minimum absolute atomic E-state index is 0.322. The highest BCUT2D eigenvalue weighted by Crippen LogP contribution is 2.27. The van der Waals surface area contributed by atoms with E-state index in [0.29, 0.717) is 16.3 Å². The largest absolute Gasteiger partial charge is 0.374 e. The molecule has 1 atom stereocenters. The topological polar surface area (TPSA) is 119 Å². The van der Waals surface area contributed by atoms with Gasteiger partial charge in [0.1, 0.15) is 0 Å². The summed E-state index contributed by atoms with van der Waals surface area (Å²) in [4.78, 5) is 2.16. The molecule has 10 heteroatoms. The summed E-state index contributed by atoms with van der Waals surface area (Å²) in [7, 11) is 0. The average molecular weight is 284 g/mol. The number of anilines is 4. The van der Waals surface area contributed by atoms with Crippen molar-refractivity contribution in [1.29, 1.82) is 0 Å². The van der Waals surface area contributed by atoms with Crippen LogP contribution in [0.15, 0.2) is 0 Å². The van der Waals surface area contributed by atoms with Gasteiger partial charge in [-0.3, -0.25) is 0 Å². The molecule has 8 nitrogen and oxygen atoms in total. The van der Waals surface area contributed by atoms with Crippen LogP contribution in [0.3, 0.4) is 0 Å². The number of nitrogens with zero attached hydrogens (tertiary/aromatic N) is 5. The first-order valence-corrected chi connectivity index (χ1v) is 7.03. The Labute approximate surface area is 111 Å². The molecule has 1 aliphatic heterocycles. The number of nitrogens with one attached hydrogen (secondary N) is 1. The van der Waals surface area contributed by atoms with Gasteiger partial charge < -0.3 is 21.7 Å². The molecule has 1 aliphatic rings. The van der Waals surface area contributed by atoms with Crippen LogP contribution in [0.25, 0.3) is 0 Å². The Morgan fingerprint density at radius 2 is 1.89 bits per heavy atom. The fourth-order valence-corrected chi connectivity index (χ4v) is 3.11. The number of aromatic nitrogens is 4. The highest BCUT2D eigenvalue weighted by atomic mass is 32.1. The van der Waals surface area contributed by atoms with Gasteiger partial charge in [-0.15, -0.1) is 20.4 Å². The van der Waals surface area contributed by atoms with Gasteiger partial charge in [0.2, 0.25) is 20.5 Å². The van der Waals surface area contributed by atoms with Crippen molar-refractivity contribution < 1.29 is 0 Å². The van der Waals surface area contributed by atoms with Gasteiger partial charge in [0.15, 0.2) is 0 Å². The van der Waals surface area contributed by atoms with Gasteiger partial charge in [-0.25, -0.2) is 0 Å². The molecule has 96 valence electrons. The standard InChI is InChI=1S/C8H12N8S2/c9-5-12-14-7(17-5)11-4-1-2-16(3-4)8-15-13-6(10)18-8/h4H,1-3H2,(H2,9,12)(H2,10,13)(H,11,14)/t4-/m1/s1. The summed E-state index contributed by atoms with van der Waals surface area (Å²) in [5.41, 5.74) is 11.1. The predicted octanol–water partition coefficient (Wildman–Crippen LogP) is 0.245. The zero-order chi connectivity index (χ0) is 12.5. The lowest BCUT2D eigenvalue weighted by Crippen LogP contribution is -2.25. The Bertz CT molecular complexity index is 537. The lowest BCUT2D eigenvalue weighted by molar-refractivity contribution is 0.801. The highest BCUT2D eigenvalue weighted by molar-refractivity contribution is 7.19. The molecule has 1 fully saturated rings. The fourth-order valence-electron chi connectivity index (χ4n) is 1.87. The van der Waals surface area contributed by atoms with E-state index < -0.39 is 0 Å². The zero-order valence-electron chi connectivity index (χ0n) is 9.41. The van der Waals surface area contributed by atoms with Crippen LogP contribution in [0, 0.1) is 0 Å². The van der Waals surface area contributed by atoms with Crippen LogP contribution in [0.1, 0.15) is 6.42 Å². The molecule has 0 radical (unpaired) electrons. The average Bonchev–Trinajstić information content (AvgIpc) is 3.01. The van der Waals surface area contributed by atoms with E-state index in [4.69, 9.17) is 11.5 Å². The number of nitrogen functional groups attached to an aromatic ring is 2. The summed E-state index contributed by atoms with van der Waals surface area (Å²) in [6.45, 7) is 1.79. The van der Waals surface area contributed by atoms with Crippen molar-refractivity contribution in [3.05, 3.63) is 0 Å². The molecule has 0 aromatic carbocycles. The lowest BCUT2D eigenvalue weighted by Gasteiger charge is -2.14. The van der Waals surface area contributed by atoms with Gasteiger partial charge in [0, 0.05) is 19.1 Å². The summed E-state index contributed by atoms with van der Waals surface area (Å²) in [5, 5.41) is 21.5.